The number of rotatable bonds is 2. The molecule has 3 rings (SSSR count). The zero-order chi connectivity index (χ0) is 14.1. The third kappa shape index (κ3) is 3.01. The number of piperidine rings is 2. The van der Waals surface area contributed by atoms with Gasteiger partial charge >= 0.3 is 0 Å². The molecule has 20 heavy (non-hydrogen) atoms. The van der Waals surface area contributed by atoms with E-state index in [0.29, 0.717) is 30.1 Å². The lowest BCUT2D eigenvalue weighted by atomic mass is 9.81. The highest BCUT2D eigenvalue weighted by Gasteiger charge is 2.37. The number of carbonyl (C=O) groups is 1. The molecule has 3 aliphatic rings. The van der Waals surface area contributed by atoms with E-state index in [-0.39, 0.29) is 5.92 Å². The maximum Gasteiger partial charge on any atom is 0.223 e. The molecule has 2 saturated heterocycles. The SMILES string of the molecule is CN1C2CCCC1CC(NC(=O)C1CCC(N)CC1)C2. The molecule has 3 fully saturated rings. The zero-order valence-corrected chi connectivity index (χ0v) is 12.7. The quantitative estimate of drug-likeness (QED) is 0.808. The fraction of sp³-hybridized carbons (Fsp3) is 0.938. The number of amides is 1. The van der Waals surface area contributed by atoms with Crippen molar-refractivity contribution in [3.8, 4) is 0 Å². The molecule has 0 radical (unpaired) electrons. The van der Waals surface area contributed by atoms with Crippen LogP contribution >= 0.6 is 0 Å². The van der Waals surface area contributed by atoms with E-state index >= 15 is 0 Å². The Morgan fingerprint density at radius 1 is 1.05 bits per heavy atom. The highest BCUT2D eigenvalue weighted by molar-refractivity contribution is 5.79. The first-order chi connectivity index (χ1) is 9.63. The Hall–Kier alpha value is -0.610. The van der Waals surface area contributed by atoms with Crippen molar-refractivity contribution in [2.45, 2.75) is 82.0 Å². The Labute approximate surface area is 122 Å². The van der Waals surface area contributed by atoms with E-state index in [0.717, 1.165) is 38.5 Å². The molecule has 0 aromatic heterocycles. The number of nitrogens with zero attached hydrogens (tertiary/aromatic N) is 1. The molecule has 0 aromatic rings. The minimum atomic E-state index is 0.217. The first-order valence-electron chi connectivity index (χ1n) is 8.41. The first-order valence-corrected chi connectivity index (χ1v) is 8.41. The minimum absolute atomic E-state index is 0.217. The van der Waals surface area contributed by atoms with E-state index < -0.39 is 0 Å². The summed E-state index contributed by atoms with van der Waals surface area (Å²) in [6.07, 6.45) is 10.2. The van der Waals surface area contributed by atoms with Crippen LogP contribution < -0.4 is 11.1 Å². The molecule has 2 unspecified atom stereocenters. The van der Waals surface area contributed by atoms with Gasteiger partial charge in [-0.3, -0.25) is 4.79 Å². The second-order valence-electron chi connectivity index (χ2n) is 7.19. The molecule has 1 aliphatic carbocycles. The third-order valence-electron chi connectivity index (χ3n) is 5.83. The van der Waals surface area contributed by atoms with Crippen molar-refractivity contribution < 1.29 is 4.79 Å². The van der Waals surface area contributed by atoms with Crippen LogP contribution in [-0.2, 0) is 4.79 Å². The lowest BCUT2D eigenvalue weighted by Gasteiger charge is -2.47. The summed E-state index contributed by atoms with van der Waals surface area (Å²) in [5, 5.41) is 3.35. The van der Waals surface area contributed by atoms with E-state index in [4.69, 9.17) is 5.73 Å². The first kappa shape index (κ1) is 14.3. The van der Waals surface area contributed by atoms with E-state index in [1.807, 2.05) is 0 Å². The van der Waals surface area contributed by atoms with Crippen LogP contribution in [0.15, 0.2) is 0 Å². The largest absolute Gasteiger partial charge is 0.353 e. The van der Waals surface area contributed by atoms with Crippen molar-refractivity contribution in [2.24, 2.45) is 11.7 Å². The van der Waals surface area contributed by atoms with Crippen molar-refractivity contribution >= 4 is 5.91 Å². The van der Waals surface area contributed by atoms with Gasteiger partial charge in [0, 0.05) is 30.1 Å². The van der Waals surface area contributed by atoms with Crippen LogP contribution in [0.1, 0.15) is 57.8 Å². The summed E-state index contributed by atoms with van der Waals surface area (Å²) in [6.45, 7) is 0. The van der Waals surface area contributed by atoms with Crippen LogP contribution in [-0.4, -0.2) is 42.0 Å². The molecular formula is C16H29N3O. The van der Waals surface area contributed by atoms with Crippen LogP contribution in [0, 0.1) is 5.92 Å². The summed E-state index contributed by atoms with van der Waals surface area (Å²) in [5.41, 5.74) is 5.92. The fourth-order valence-electron chi connectivity index (χ4n) is 4.43. The summed E-state index contributed by atoms with van der Waals surface area (Å²) in [5.74, 6) is 0.513. The number of nitrogens with one attached hydrogen (secondary N) is 1. The van der Waals surface area contributed by atoms with Gasteiger partial charge in [-0.2, -0.15) is 0 Å². The lowest BCUT2D eigenvalue weighted by molar-refractivity contribution is -0.127. The van der Waals surface area contributed by atoms with Crippen molar-refractivity contribution in [3.63, 3.8) is 0 Å². The van der Waals surface area contributed by atoms with Crippen LogP contribution in [0.2, 0.25) is 0 Å². The van der Waals surface area contributed by atoms with Gasteiger partial charge in [0.1, 0.15) is 0 Å². The molecule has 2 atom stereocenters. The maximum absolute atomic E-state index is 12.4. The topological polar surface area (TPSA) is 58.4 Å². The molecule has 1 amide bonds. The Kier molecular flexibility index (Phi) is 4.32. The molecule has 2 aliphatic heterocycles. The van der Waals surface area contributed by atoms with Crippen molar-refractivity contribution in [3.05, 3.63) is 0 Å². The van der Waals surface area contributed by atoms with Crippen LogP contribution in [0.5, 0.6) is 0 Å². The molecule has 4 nitrogen and oxygen atoms in total. The molecule has 1 saturated carbocycles. The summed E-state index contributed by atoms with van der Waals surface area (Å²) < 4.78 is 0. The van der Waals surface area contributed by atoms with E-state index in [1.54, 1.807) is 0 Å². The average molecular weight is 279 g/mol. The molecule has 0 spiro atoms. The van der Waals surface area contributed by atoms with Crippen LogP contribution in [0.25, 0.3) is 0 Å². The molecule has 0 aromatic carbocycles. The number of carbonyl (C=O) groups excluding carboxylic acids is 1. The van der Waals surface area contributed by atoms with Crippen molar-refractivity contribution in [2.75, 3.05) is 7.05 Å². The second-order valence-corrected chi connectivity index (χ2v) is 7.19. The standard InChI is InChI=1S/C16H29N3O/c1-19-14-3-2-4-15(19)10-13(9-14)18-16(20)11-5-7-12(17)8-6-11/h11-15H,2-10,17H2,1H3,(H,18,20). The Morgan fingerprint density at radius 3 is 2.25 bits per heavy atom. The predicted octanol–water partition coefficient (Wildman–Crippen LogP) is 1.64. The van der Waals surface area contributed by atoms with Gasteiger partial charge < -0.3 is 16.0 Å². The van der Waals surface area contributed by atoms with Crippen LogP contribution in [0.3, 0.4) is 0 Å². The third-order valence-corrected chi connectivity index (χ3v) is 5.83. The lowest BCUT2D eigenvalue weighted by Crippen LogP contribution is -2.56. The molecule has 2 heterocycles. The Balaban J connectivity index is 1.52. The number of hydrogen-bond acceptors (Lipinski definition) is 3. The van der Waals surface area contributed by atoms with Gasteiger partial charge in [0.05, 0.1) is 0 Å². The normalized spacial score (nSPS) is 42.2. The summed E-state index contributed by atoms with van der Waals surface area (Å²) >= 11 is 0. The van der Waals surface area contributed by atoms with Gasteiger partial charge in [0.15, 0.2) is 0 Å². The average Bonchev–Trinajstić information content (AvgIpc) is 2.40. The maximum atomic E-state index is 12.4. The molecule has 4 heteroatoms. The van der Waals surface area contributed by atoms with Gasteiger partial charge in [0.2, 0.25) is 5.91 Å². The van der Waals surface area contributed by atoms with Gasteiger partial charge in [-0.1, -0.05) is 6.42 Å². The molecule has 2 bridgehead atoms. The van der Waals surface area contributed by atoms with Gasteiger partial charge in [-0.05, 0) is 58.4 Å². The van der Waals surface area contributed by atoms with E-state index in [1.165, 1.54) is 19.3 Å². The number of nitrogens with two attached hydrogens (primary N) is 1. The highest BCUT2D eigenvalue weighted by atomic mass is 16.1. The van der Waals surface area contributed by atoms with E-state index in [9.17, 15) is 4.79 Å². The van der Waals surface area contributed by atoms with Gasteiger partial charge in [-0.15, -0.1) is 0 Å². The van der Waals surface area contributed by atoms with Crippen molar-refractivity contribution in [1.82, 2.24) is 10.2 Å². The molecular weight excluding hydrogens is 250 g/mol. The number of hydrogen-bond donors (Lipinski definition) is 2. The van der Waals surface area contributed by atoms with Gasteiger partial charge in [-0.25, -0.2) is 0 Å². The highest BCUT2D eigenvalue weighted by Crippen LogP contribution is 2.33. The Bertz CT molecular complexity index is 338. The van der Waals surface area contributed by atoms with Crippen molar-refractivity contribution in [1.29, 1.82) is 0 Å². The van der Waals surface area contributed by atoms with Gasteiger partial charge in [0.25, 0.3) is 0 Å². The predicted molar refractivity (Wildman–Crippen MR) is 80.3 cm³/mol. The second kappa shape index (κ2) is 6.02. The Morgan fingerprint density at radius 2 is 1.65 bits per heavy atom. The summed E-state index contributed by atoms with van der Waals surface area (Å²) in [4.78, 5) is 15.0. The molecule has 3 N–H and O–H groups in total. The van der Waals surface area contributed by atoms with E-state index in [2.05, 4.69) is 17.3 Å². The fourth-order valence-corrected chi connectivity index (χ4v) is 4.43. The molecule has 114 valence electrons. The smallest absolute Gasteiger partial charge is 0.223 e. The minimum Gasteiger partial charge on any atom is -0.353 e. The summed E-state index contributed by atoms with van der Waals surface area (Å²) in [6, 6.07) is 2.10. The summed E-state index contributed by atoms with van der Waals surface area (Å²) in [7, 11) is 2.26. The zero-order valence-electron chi connectivity index (χ0n) is 12.7. The monoisotopic (exact) mass is 279 g/mol. The number of fused-ring (bicyclic) bond motifs is 2. The van der Waals surface area contributed by atoms with Crippen LogP contribution in [0.4, 0.5) is 0 Å².